The summed E-state index contributed by atoms with van der Waals surface area (Å²) in [6.07, 6.45) is 5.57. The van der Waals surface area contributed by atoms with Crippen LogP contribution in [0, 0.1) is 17.6 Å². The van der Waals surface area contributed by atoms with E-state index in [4.69, 9.17) is 11.6 Å². The van der Waals surface area contributed by atoms with Gasteiger partial charge >= 0.3 is 0 Å². The molecule has 1 fully saturated rings. The summed E-state index contributed by atoms with van der Waals surface area (Å²) in [5.41, 5.74) is 1.63. The molecule has 2 aromatic heterocycles. The number of rotatable bonds is 7. The Morgan fingerprint density at radius 3 is 2.62 bits per heavy atom. The number of carbonyl (C=O) groups is 1. The number of sulfone groups is 1. The first-order valence-corrected chi connectivity index (χ1v) is 14.4. The second kappa shape index (κ2) is 10.8. The van der Waals surface area contributed by atoms with Crippen molar-refractivity contribution in [3.8, 4) is 11.3 Å². The average molecular weight is 575 g/mol. The average Bonchev–Trinajstić information content (AvgIpc) is 3.34. The lowest BCUT2D eigenvalue weighted by atomic mass is 10.0. The molecule has 5 rings (SSSR count). The fourth-order valence-corrected chi connectivity index (χ4v) is 6.39. The second-order valence-electron chi connectivity index (χ2n) is 9.28. The molecule has 13 heteroatoms. The minimum absolute atomic E-state index is 0.0458. The molecule has 9 nitrogen and oxygen atoms in total. The topological polar surface area (TPSA) is 117 Å². The lowest BCUT2D eigenvalue weighted by molar-refractivity contribution is 0.0946. The number of nitrogens with one attached hydrogen (secondary N) is 3. The fourth-order valence-electron chi connectivity index (χ4n) is 4.54. The van der Waals surface area contributed by atoms with E-state index in [-0.39, 0.29) is 45.2 Å². The molecule has 39 heavy (non-hydrogen) atoms. The van der Waals surface area contributed by atoms with E-state index in [0.29, 0.717) is 42.2 Å². The maximum absolute atomic E-state index is 14.8. The smallest absolute Gasteiger partial charge is 0.252 e. The van der Waals surface area contributed by atoms with Crippen LogP contribution >= 0.6 is 11.6 Å². The zero-order chi connectivity index (χ0) is 27.7. The van der Waals surface area contributed by atoms with E-state index in [1.54, 1.807) is 28.8 Å². The van der Waals surface area contributed by atoms with E-state index in [9.17, 15) is 22.0 Å². The molecule has 1 aliphatic rings. The number of anilines is 3. The van der Waals surface area contributed by atoms with E-state index in [2.05, 4.69) is 25.9 Å². The SMILES string of the molecule is CNc1ccc(-c2cnc3c(Nc4ccc(C(=O)NCC5CCS(=O)(=O)CC5)c(Cl)c4)nccn23)c(F)c1F. The predicted octanol–water partition coefficient (Wildman–Crippen LogP) is 4.67. The third-order valence-electron chi connectivity index (χ3n) is 6.76. The summed E-state index contributed by atoms with van der Waals surface area (Å²) in [4.78, 5) is 21.4. The maximum Gasteiger partial charge on any atom is 0.252 e. The molecule has 0 atom stereocenters. The monoisotopic (exact) mass is 574 g/mol. The van der Waals surface area contributed by atoms with Crippen molar-refractivity contribution in [2.24, 2.45) is 5.92 Å². The highest BCUT2D eigenvalue weighted by molar-refractivity contribution is 7.91. The molecule has 0 saturated carbocycles. The standard InChI is InChI=1S/C26H25ClF2N6O3S/c1-30-20-5-4-18(22(28)23(20)29)21-14-32-25-24(31-8-9-35(21)25)34-16-2-3-17(19(27)12-16)26(36)33-13-15-6-10-39(37,38)11-7-15/h2-5,8-9,12,14-15,30H,6-7,10-11,13H2,1H3,(H,31,34)(H,33,36). The summed E-state index contributed by atoms with van der Waals surface area (Å²) in [6, 6.07) is 7.73. The molecule has 1 saturated heterocycles. The summed E-state index contributed by atoms with van der Waals surface area (Å²) in [5.74, 6) is -1.60. The van der Waals surface area contributed by atoms with Crippen molar-refractivity contribution in [1.29, 1.82) is 0 Å². The summed E-state index contributed by atoms with van der Waals surface area (Å²) < 4.78 is 53.9. The highest BCUT2D eigenvalue weighted by Crippen LogP contribution is 2.31. The van der Waals surface area contributed by atoms with Gasteiger partial charge in [-0.1, -0.05) is 11.6 Å². The molecule has 0 radical (unpaired) electrons. The van der Waals surface area contributed by atoms with Gasteiger partial charge in [0, 0.05) is 37.2 Å². The Morgan fingerprint density at radius 2 is 1.90 bits per heavy atom. The van der Waals surface area contributed by atoms with E-state index >= 15 is 0 Å². The van der Waals surface area contributed by atoms with E-state index in [1.165, 1.54) is 31.6 Å². The number of imidazole rings is 1. The minimum atomic E-state index is -2.96. The lowest BCUT2D eigenvalue weighted by Gasteiger charge is -2.22. The number of amides is 1. The first-order valence-electron chi connectivity index (χ1n) is 12.2. The van der Waals surface area contributed by atoms with Crippen LogP contribution in [0.5, 0.6) is 0 Å². The Bertz CT molecular complexity index is 1660. The number of hydrogen-bond acceptors (Lipinski definition) is 7. The molecule has 1 amide bonds. The first-order chi connectivity index (χ1) is 18.7. The summed E-state index contributed by atoms with van der Waals surface area (Å²) in [6.45, 7) is 0.376. The molecule has 2 aromatic carbocycles. The van der Waals surface area contributed by atoms with Gasteiger partial charge in [-0.05, 0) is 49.1 Å². The zero-order valence-corrected chi connectivity index (χ0v) is 22.4. The van der Waals surface area contributed by atoms with E-state index in [0.717, 1.165) is 0 Å². The number of fused-ring (bicyclic) bond motifs is 1. The van der Waals surface area contributed by atoms with Gasteiger partial charge in [0.2, 0.25) is 0 Å². The van der Waals surface area contributed by atoms with Crippen molar-refractivity contribution in [3.63, 3.8) is 0 Å². The molecular weight excluding hydrogens is 550 g/mol. The molecule has 0 spiro atoms. The molecule has 4 aromatic rings. The van der Waals surface area contributed by atoms with Crippen LogP contribution in [0.4, 0.5) is 26.0 Å². The Balaban J connectivity index is 1.32. The van der Waals surface area contributed by atoms with Gasteiger partial charge in [0.05, 0.1) is 39.7 Å². The molecule has 1 aliphatic heterocycles. The summed E-state index contributed by atoms with van der Waals surface area (Å²) in [7, 11) is -1.45. The number of benzene rings is 2. The van der Waals surface area contributed by atoms with Crippen LogP contribution in [-0.4, -0.2) is 53.8 Å². The van der Waals surface area contributed by atoms with Crippen LogP contribution in [0.1, 0.15) is 23.2 Å². The Morgan fingerprint density at radius 1 is 1.13 bits per heavy atom. The third-order valence-corrected chi connectivity index (χ3v) is 8.79. The Kier molecular flexibility index (Phi) is 7.41. The zero-order valence-electron chi connectivity index (χ0n) is 20.8. The van der Waals surface area contributed by atoms with E-state index in [1.807, 2.05) is 0 Å². The summed E-state index contributed by atoms with van der Waals surface area (Å²) >= 11 is 6.41. The number of aromatic nitrogens is 3. The van der Waals surface area contributed by atoms with Crippen molar-refractivity contribution in [2.75, 3.05) is 35.7 Å². The van der Waals surface area contributed by atoms with Crippen molar-refractivity contribution in [3.05, 3.63) is 71.1 Å². The molecule has 3 heterocycles. The largest absolute Gasteiger partial charge is 0.386 e. The molecular formula is C26H25ClF2N6O3S. The number of carbonyl (C=O) groups excluding carboxylic acids is 1. The van der Waals surface area contributed by atoms with Crippen molar-refractivity contribution < 1.29 is 22.0 Å². The van der Waals surface area contributed by atoms with Crippen molar-refractivity contribution in [2.45, 2.75) is 12.8 Å². The predicted molar refractivity (Wildman–Crippen MR) is 146 cm³/mol. The van der Waals surface area contributed by atoms with Gasteiger partial charge in [0.15, 0.2) is 23.1 Å². The fraction of sp³-hybridized carbons (Fsp3) is 0.269. The van der Waals surface area contributed by atoms with Gasteiger partial charge in [-0.25, -0.2) is 27.2 Å². The third kappa shape index (κ3) is 5.52. The number of halogens is 3. The highest BCUT2D eigenvalue weighted by atomic mass is 35.5. The maximum atomic E-state index is 14.8. The van der Waals surface area contributed by atoms with E-state index < -0.39 is 21.5 Å². The highest BCUT2D eigenvalue weighted by Gasteiger charge is 2.24. The van der Waals surface area contributed by atoms with Crippen molar-refractivity contribution >= 4 is 50.2 Å². The molecule has 3 N–H and O–H groups in total. The molecule has 0 bridgehead atoms. The summed E-state index contributed by atoms with van der Waals surface area (Å²) in [5, 5.41) is 8.77. The molecule has 0 aliphatic carbocycles. The number of hydrogen-bond donors (Lipinski definition) is 3. The Hall–Kier alpha value is -3.77. The van der Waals surface area contributed by atoms with Gasteiger partial charge in [-0.3, -0.25) is 9.20 Å². The second-order valence-corrected chi connectivity index (χ2v) is 12.0. The van der Waals surface area contributed by atoms with Crippen LogP contribution in [0.3, 0.4) is 0 Å². The first kappa shape index (κ1) is 26.8. The lowest BCUT2D eigenvalue weighted by Crippen LogP contribution is -2.34. The number of nitrogens with zero attached hydrogens (tertiary/aromatic N) is 3. The van der Waals surface area contributed by atoms with Gasteiger partial charge in [-0.15, -0.1) is 0 Å². The van der Waals surface area contributed by atoms with Crippen LogP contribution in [-0.2, 0) is 9.84 Å². The van der Waals surface area contributed by atoms with Crippen molar-refractivity contribution in [1.82, 2.24) is 19.7 Å². The van der Waals surface area contributed by atoms with Crippen LogP contribution < -0.4 is 16.0 Å². The molecule has 0 unspecified atom stereocenters. The molecule has 204 valence electrons. The quantitative estimate of drug-likeness (QED) is 0.294. The van der Waals surface area contributed by atoms with Gasteiger partial charge in [0.25, 0.3) is 5.91 Å². The van der Waals surface area contributed by atoms with Crippen LogP contribution in [0.15, 0.2) is 48.9 Å². The van der Waals surface area contributed by atoms with Crippen LogP contribution in [0.2, 0.25) is 5.02 Å². The Labute approximate surface area is 228 Å². The minimum Gasteiger partial charge on any atom is -0.386 e. The van der Waals surface area contributed by atoms with Gasteiger partial charge in [0.1, 0.15) is 9.84 Å². The van der Waals surface area contributed by atoms with Crippen LogP contribution in [0.25, 0.3) is 16.9 Å². The van der Waals surface area contributed by atoms with Gasteiger partial charge in [-0.2, -0.15) is 0 Å². The normalized spacial score (nSPS) is 15.3. The van der Waals surface area contributed by atoms with Gasteiger partial charge < -0.3 is 16.0 Å².